The highest BCUT2D eigenvalue weighted by Crippen LogP contribution is 2.18. The second-order valence-electron chi connectivity index (χ2n) is 2.73. The van der Waals surface area contributed by atoms with Crippen LogP contribution >= 0.6 is 0 Å². The molecule has 0 amide bonds. The van der Waals surface area contributed by atoms with Crippen molar-refractivity contribution in [3.05, 3.63) is 17.8 Å². The molecule has 0 aliphatic carbocycles. The van der Waals surface area contributed by atoms with Crippen molar-refractivity contribution in [3.63, 3.8) is 0 Å². The lowest BCUT2D eigenvalue weighted by Crippen LogP contribution is -2.10. The van der Waals surface area contributed by atoms with Gasteiger partial charge in [0.1, 0.15) is 5.56 Å². The predicted octanol–water partition coefficient (Wildman–Crippen LogP) is 0.530. The van der Waals surface area contributed by atoms with E-state index in [1.54, 1.807) is 6.92 Å². The van der Waals surface area contributed by atoms with Crippen LogP contribution in [0.15, 0.2) is 12.3 Å². The van der Waals surface area contributed by atoms with Crippen molar-refractivity contribution in [1.82, 2.24) is 4.98 Å². The Bertz CT molecular complexity index is 447. The lowest BCUT2D eigenvalue weighted by molar-refractivity contribution is 0.0524. The van der Waals surface area contributed by atoms with Crippen molar-refractivity contribution in [2.45, 2.75) is 6.92 Å². The lowest BCUT2D eigenvalue weighted by atomic mass is 10.3. The van der Waals surface area contributed by atoms with E-state index in [1.165, 1.54) is 12.3 Å². The first-order valence-corrected chi connectivity index (χ1v) is 5.99. The molecule has 0 bridgehead atoms. The van der Waals surface area contributed by atoms with E-state index in [0.29, 0.717) is 0 Å². The summed E-state index contributed by atoms with van der Waals surface area (Å²) < 4.78 is 30.9. The zero-order chi connectivity index (χ0) is 11.5. The van der Waals surface area contributed by atoms with E-state index in [9.17, 15) is 13.2 Å². The summed E-state index contributed by atoms with van der Waals surface area (Å²) in [5, 5.41) is 0. The molecule has 0 spiro atoms. The molecule has 0 fully saturated rings. The molecule has 0 aliphatic heterocycles. The van der Waals surface area contributed by atoms with Crippen LogP contribution in [0.3, 0.4) is 0 Å². The van der Waals surface area contributed by atoms with E-state index >= 15 is 0 Å². The molecule has 0 aromatic carbocycles. The van der Waals surface area contributed by atoms with Gasteiger partial charge in [0.05, 0.1) is 12.9 Å². The molecule has 1 aromatic rings. The molecular formula is C8H11NO5S. The fourth-order valence-electron chi connectivity index (χ4n) is 0.944. The first-order chi connectivity index (χ1) is 6.94. The van der Waals surface area contributed by atoms with Crippen LogP contribution in [-0.2, 0) is 14.9 Å². The highest BCUT2D eigenvalue weighted by molar-refractivity contribution is 7.86. The predicted molar refractivity (Wildman–Crippen MR) is 52.2 cm³/mol. The molecule has 0 saturated heterocycles. The largest absolute Gasteiger partial charge is 0.462 e. The number of H-pyrrole nitrogens is 1. The highest BCUT2D eigenvalue weighted by atomic mass is 32.2. The minimum atomic E-state index is -3.66. The quantitative estimate of drug-likeness (QED) is 0.605. The summed E-state index contributed by atoms with van der Waals surface area (Å²) in [5.41, 5.74) is 0.0577. The zero-order valence-corrected chi connectivity index (χ0v) is 9.13. The third-order valence-electron chi connectivity index (χ3n) is 1.44. The number of aromatic amines is 1. The monoisotopic (exact) mass is 233 g/mol. The van der Waals surface area contributed by atoms with E-state index in [2.05, 4.69) is 9.17 Å². The minimum absolute atomic E-state index is 0.0577. The molecule has 7 heteroatoms. The van der Waals surface area contributed by atoms with Crippen LogP contribution in [0, 0.1) is 0 Å². The lowest BCUT2D eigenvalue weighted by Gasteiger charge is -2.03. The van der Waals surface area contributed by atoms with Crippen LogP contribution in [0.5, 0.6) is 5.88 Å². The van der Waals surface area contributed by atoms with Crippen molar-refractivity contribution in [3.8, 4) is 5.88 Å². The minimum Gasteiger partial charge on any atom is -0.462 e. The van der Waals surface area contributed by atoms with Crippen LogP contribution in [-0.4, -0.2) is 32.2 Å². The molecule has 0 aliphatic rings. The Morgan fingerprint density at radius 2 is 2.20 bits per heavy atom. The Morgan fingerprint density at radius 3 is 2.73 bits per heavy atom. The summed E-state index contributed by atoms with van der Waals surface area (Å²) in [6.45, 7) is 1.87. The molecule has 1 N–H and O–H groups in total. The normalized spacial score (nSPS) is 11.1. The number of carbonyl (C=O) groups excluding carboxylic acids is 1. The molecule has 0 radical (unpaired) electrons. The first kappa shape index (κ1) is 11.6. The number of ether oxygens (including phenoxy) is 1. The average molecular weight is 233 g/mol. The maximum atomic E-state index is 11.3. The molecule has 0 unspecified atom stereocenters. The van der Waals surface area contributed by atoms with Gasteiger partial charge in [-0.15, -0.1) is 0 Å². The van der Waals surface area contributed by atoms with Gasteiger partial charge in [0.2, 0.25) is 5.88 Å². The van der Waals surface area contributed by atoms with E-state index in [1.807, 2.05) is 0 Å². The zero-order valence-electron chi connectivity index (χ0n) is 8.31. The SMILES string of the molecule is CCOC(=O)c1cc[nH]c1OS(C)(=O)=O. The number of rotatable bonds is 4. The number of hydrogen-bond acceptors (Lipinski definition) is 5. The average Bonchev–Trinajstić information content (AvgIpc) is 2.49. The number of nitrogens with one attached hydrogen (secondary N) is 1. The van der Waals surface area contributed by atoms with E-state index in [0.717, 1.165) is 6.26 Å². The van der Waals surface area contributed by atoms with Crippen LogP contribution in [0.2, 0.25) is 0 Å². The van der Waals surface area contributed by atoms with Gasteiger partial charge in [-0.2, -0.15) is 8.42 Å². The van der Waals surface area contributed by atoms with Crippen molar-refractivity contribution in [2.75, 3.05) is 12.9 Å². The van der Waals surface area contributed by atoms with Crippen molar-refractivity contribution >= 4 is 16.1 Å². The smallest absolute Gasteiger partial charge is 0.343 e. The second kappa shape index (κ2) is 4.35. The third kappa shape index (κ3) is 3.28. The van der Waals surface area contributed by atoms with Gasteiger partial charge >= 0.3 is 16.1 Å². The van der Waals surface area contributed by atoms with Gasteiger partial charge in [-0.1, -0.05) is 0 Å². The second-order valence-corrected chi connectivity index (χ2v) is 4.30. The number of carbonyl (C=O) groups is 1. The fourth-order valence-corrected chi connectivity index (χ4v) is 1.38. The molecule has 84 valence electrons. The number of hydrogen-bond donors (Lipinski definition) is 1. The molecule has 0 atom stereocenters. The van der Waals surface area contributed by atoms with Crippen molar-refractivity contribution in [1.29, 1.82) is 0 Å². The molecule has 0 saturated carbocycles. The Kier molecular flexibility index (Phi) is 3.35. The summed E-state index contributed by atoms with van der Waals surface area (Å²) in [6, 6.07) is 1.39. The highest BCUT2D eigenvalue weighted by Gasteiger charge is 2.17. The van der Waals surface area contributed by atoms with E-state index in [-0.39, 0.29) is 18.1 Å². The summed E-state index contributed by atoms with van der Waals surface area (Å²) in [7, 11) is -3.66. The molecule has 1 rings (SSSR count). The maximum Gasteiger partial charge on any atom is 0.343 e. The van der Waals surface area contributed by atoms with E-state index < -0.39 is 16.1 Å². The first-order valence-electron chi connectivity index (χ1n) is 4.18. The number of aromatic nitrogens is 1. The summed E-state index contributed by atoms with van der Waals surface area (Å²) in [5.74, 6) is -0.756. The summed E-state index contributed by atoms with van der Waals surface area (Å²) in [4.78, 5) is 13.8. The van der Waals surface area contributed by atoms with Gasteiger partial charge in [-0.3, -0.25) is 0 Å². The molecule has 1 heterocycles. The Labute approximate surface area is 87.3 Å². The van der Waals surface area contributed by atoms with Crippen LogP contribution in [0.25, 0.3) is 0 Å². The van der Waals surface area contributed by atoms with Gasteiger partial charge in [-0.25, -0.2) is 4.79 Å². The van der Waals surface area contributed by atoms with Crippen LogP contribution in [0.4, 0.5) is 0 Å². The van der Waals surface area contributed by atoms with Crippen molar-refractivity contribution < 1.29 is 22.1 Å². The molecule has 1 aromatic heterocycles. The fraction of sp³-hybridized carbons (Fsp3) is 0.375. The van der Waals surface area contributed by atoms with Gasteiger partial charge in [0, 0.05) is 6.20 Å². The Balaban J connectivity index is 2.92. The molecule has 15 heavy (non-hydrogen) atoms. The van der Waals surface area contributed by atoms with Crippen molar-refractivity contribution in [2.24, 2.45) is 0 Å². The van der Waals surface area contributed by atoms with Gasteiger partial charge in [-0.05, 0) is 13.0 Å². The Hall–Kier alpha value is -1.50. The Morgan fingerprint density at radius 1 is 1.53 bits per heavy atom. The summed E-state index contributed by atoms with van der Waals surface area (Å²) >= 11 is 0. The van der Waals surface area contributed by atoms with Gasteiger partial charge in [0.25, 0.3) is 0 Å². The summed E-state index contributed by atoms with van der Waals surface area (Å²) in [6.07, 6.45) is 2.29. The van der Waals surface area contributed by atoms with Crippen LogP contribution in [0.1, 0.15) is 17.3 Å². The van der Waals surface area contributed by atoms with Gasteiger partial charge < -0.3 is 13.9 Å². The van der Waals surface area contributed by atoms with Gasteiger partial charge in [0.15, 0.2) is 0 Å². The standard InChI is InChI=1S/C8H11NO5S/c1-3-13-8(10)6-4-5-9-7(6)14-15(2,11)12/h4-5,9H,3H2,1-2H3. The maximum absolute atomic E-state index is 11.3. The number of esters is 1. The molecular weight excluding hydrogens is 222 g/mol. The topological polar surface area (TPSA) is 85.5 Å². The van der Waals surface area contributed by atoms with E-state index in [4.69, 9.17) is 4.74 Å². The third-order valence-corrected chi connectivity index (χ3v) is 1.91. The van der Waals surface area contributed by atoms with Crippen LogP contribution < -0.4 is 4.18 Å². The molecule has 6 nitrogen and oxygen atoms in total.